The molecule has 1 N–H and O–H groups in total. The van der Waals surface area contributed by atoms with Gasteiger partial charge in [0.2, 0.25) is 5.88 Å². The molecule has 0 aliphatic carbocycles. The number of benzene rings is 1. The second kappa shape index (κ2) is 6.22. The molecule has 2 aromatic rings. The molecule has 4 heteroatoms. The van der Waals surface area contributed by atoms with Gasteiger partial charge in [-0.2, -0.15) is 0 Å². The number of nitrogens with one attached hydrogen (secondary N) is 1. The first kappa shape index (κ1) is 15.4. The zero-order valence-corrected chi connectivity index (χ0v) is 12.9. The van der Waals surface area contributed by atoms with Gasteiger partial charge in [0, 0.05) is 23.8 Å². The molecule has 1 aromatic heterocycles. The number of halogens is 1. The predicted molar refractivity (Wildman–Crippen MR) is 82.0 cm³/mol. The van der Waals surface area contributed by atoms with E-state index in [0.29, 0.717) is 11.6 Å². The fraction of sp³-hybridized carbons (Fsp3) is 0.353. The molecule has 1 aromatic carbocycles. The van der Waals surface area contributed by atoms with Crippen molar-refractivity contribution in [2.75, 3.05) is 0 Å². The minimum atomic E-state index is -0.283. The van der Waals surface area contributed by atoms with Gasteiger partial charge < -0.3 is 10.1 Å². The van der Waals surface area contributed by atoms with Crippen molar-refractivity contribution < 1.29 is 9.13 Å². The zero-order chi connectivity index (χ0) is 15.5. The number of ether oxygens (including phenoxy) is 1. The summed E-state index contributed by atoms with van der Waals surface area (Å²) in [5, 5.41) is 3.43. The van der Waals surface area contributed by atoms with Gasteiger partial charge in [-0.1, -0.05) is 0 Å². The lowest BCUT2D eigenvalue weighted by Gasteiger charge is -2.20. The van der Waals surface area contributed by atoms with Crippen molar-refractivity contribution >= 4 is 0 Å². The van der Waals surface area contributed by atoms with Crippen molar-refractivity contribution in [3.8, 4) is 11.6 Å². The number of pyridine rings is 1. The van der Waals surface area contributed by atoms with Crippen molar-refractivity contribution in [3.05, 3.63) is 53.5 Å². The molecule has 0 amide bonds. The van der Waals surface area contributed by atoms with E-state index in [1.807, 2.05) is 19.1 Å². The first-order valence-electron chi connectivity index (χ1n) is 6.98. The lowest BCUT2D eigenvalue weighted by atomic mass is 10.1. The highest BCUT2D eigenvalue weighted by atomic mass is 19.1. The fourth-order valence-corrected chi connectivity index (χ4v) is 1.85. The molecule has 3 nitrogen and oxygen atoms in total. The Labute approximate surface area is 125 Å². The molecular formula is C17H21FN2O. The van der Waals surface area contributed by atoms with Gasteiger partial charge in [0.05, 0.1) is 0 Å². The van der Waals surface area contributed by atoms with Gasteiger partial charge in [0.15, 0.2) is 0 Å². The molecule has 0 aliphatic heterocycles. The molecule has 2 rings (SSSR count). The Morgan fingerprint density at radius 2 is 1.81 bits per heavy atom. The molecule has 0 fully saturated rings. The Balaban J connectivity index is 2.13. The van der Waals surface area contributed by atoms with Crippen LogP contribution in [0.1, 0.15) is 32.0 Å². The van der Waals surface area contributed by atoms with Crippen molar-refractivity contribution in [2.45, 2.75) is 39.8 Å². The van der Waals surface area contributed by atoms with E-state index >= 15 is 0 Å². The third-order valence-electron chi connectivity index (χ3n) is 2.85. The molecule has 0 spiro atoms. The maximum Gasteiger partial charge on any atom is 0.219 e. The van der Waals surface area contributed by atoms with E-state index in [1.165, 1.54) is 12.1 Å². The van der Waals surface area contributed by atoms with Gasteiger partial charge in [0.25, 0.3) is 0 Å². The third kappa shape index (κ3) is 5.16. The van der Waals surface area contributed by atoms with Crippen LogP contribution in [0.15, 0.2) is 36.4 Å². The molecule has 21 heavy (non-hydrogen) atoms. The molecule has 0 saturated carbocycles. The van der Waals surface area contributed by atoms with Crippen LogP contribution >= 0.6 is 0 Å². The predicted octanol–water partition coefficient (Wildman–Crippen LogP) is 4.21. The van der Waals surface area contributed by atoms with Crippen molar-refractivity contribution in [1.82, 2.24) is 10.3 Å². The summed E-state index contributed by atoms with van der Waals surface area (Å²) in [7, 11) is 0. The van der Waals surface area contributed by atoms with E-state index in [0.717, 1.165) is 17.8 Å². The van der Waals surface area contributed by atoms with E-state index < -0.39 is 0 Å². The lowest BCUT2D eigenvalue weighted by molar-refractivity contribution is 0.421. The molecular weight excluding hydrogens is 267 g/mol. The second-order valence-corrected chi connectivity index (χ2v) is 6.11. The number of hydrogen-bond acceptors (Lipinski definition) is 3. The molecule has 0 radical (unpaired) electrons. The zero-order valence-electron chi connectivity index (χ0n) is 12.9. The minimum Gasteiger partial charge on any atom is -0.439 e. The third-order valence-corrected chi connectivity index (χ3v) is 2.85. The van der Waals surface area contributed by atoms with Crippen LogP contribution in [0.3, 0.4) is 0 Å². The summed E-state index contributed by atoms with van der Waals surface area (Å²) in [6, 6.07) is 9.84. The largest absolute Gasteiger partial charge is 0.439 e. The molecule has 112 valence electrons. The highest BCUT2D eigenvalue weighted by molar-refractivity contribution is 5.30. The average molecular weight is 288 g/mol. The van der Waals surface area contributed by atoms with Crippen LogP contribution in [0.4, 0.5) is 4.39 Å². The highest BCUT2D eigenvalue weighted by Gasteiger charge is 2.10. The van der Waals surface area contributed by atoms with Crippen molar-refractivity contribution in [1.29, 1.82) is 0 Å². The molecule has 0 unspecified atom stereocenters. The maximum atomic E-state index is 12.9. The quantitative estimate of drug-likeness (QED) is 0.915. The first-order valence-corrected chi connectivity index (χ1v) is 6.98. The highest BCUT2D eigenvalue weighted by Crippen LogP contribution is 2.21. The Bertz CT molecular complexity index is 603. The van der Waals surface area contributed by atoms with Crippen LogP contribution in [0.25, 0.3) is 0 Å². The number of aromatic nitrogens is 1. The van der Waals surface area contributed by atoms with Gasteiger partial charge in [-0.25, -0.2) is 9.37 Å². The average Bonchev–Trinajstić information content (AvgIpc) is 2.38. The van der Waals surface area contributed by atoms with E-state index in [1.54, 1.807) is 12.1 Å². The summed E-state index contributed by atoms with van der Waals surface area (Å²) in [6.45, 7) is 9.04. The van der Waals surface area contributed by atoms with Gasteiger partial charge in [0.1, 0.15) is 11.6 Å². The van der Waals surface area contributed by atoms with Gasteiger partial charge >= 0.3 is 0 Å². The summed E-state index contributed by atoms with van der Waals surface area (Å²) in [5.41, 5.74) is 2.05. The summed E-state index contributed by atoms with van der Waals surface area (Å²) in [4.78, 5) is 4.35. The normalized spacial score (nSPS) is 11.5. The van der Waals surface area contributed by atoms with Gasteiger partial charge in [-0.05, 0) is 63.6 Å². The smallest absolute Gasteiger partial charge is 0.219 e. The van der Waals surface area contributed by atoms with Crippen molar-refractivity contribution in [3.63, 3.8) is 0 Å². The Morgan fingerprint density at radius 1 is 1.14 bits per heavy atom. The molecule has 1 heterocycles. The van der Waals surface area contributed by atoms with Crippen LogP contribution in [-0.4, -0.2) is 10.5 Å². The summed E-state index contributed by atoms with van der Waals surface area (Å²) in [5.74, 6) is 0.811. The summed E-state index contributed by atoms with van der Waals surface area (Å²) < 4.78 is 18.6. The first-order chi connectivity index (χ1) is 9.82. The summed E-state index contributed by atoms with van der Waals surface area (Å²) in [6.07, 6.45) is 0. The van der Waals surface area contributed by atoms with Gasteiger partial charge in [-0.3, -0.25) is 0 Å². The Morgan fingerprint density at radius 3 is 2.43 bits per heavy atom. The van der Waals surface area contributed by atoms with Gasteiger partial charge in [-0.15, -0.1) is 0 Å². The van der Waals surface area contributed by atoms with Crippen LogP contribution < -0.4 is 10.1 Å². The Hall–Kier alpha value is -1.94. The van der Waals surface area contributed by atoms with Crippen LogP contribution in [0.5, 0.6) is 11.6 Å². The summed E-state index contributed by atoms with van der Waals surface area (Å²) >= 11 is 0. The Kier molecular flexibility index (Phi) is 4.58. The van der Waals surface area contributed by atoms with Crippen LogP contribution in [0.2, 0.25) is 0 Å². The standard InChI is InChI=1S/C17H21FN2O/c1-12-9-13(11-19-17(2,3)4)10-16(20-12)21-15-7-5-14(18)6-8-15/h5-10,19H,11H2,1-4H3. The van der Waals surface area contributed by atoms with Crippen LogP contribution in [0, 0.1) is 12.7 Å². The van der Waals surface area contributed by atoms with E-state index in [-0.39, 0.29) is 11.4 Å². The molecule has 0 bridgehead atoms. The van der Waals surface area contributed by atoms with Crippen molar-refractivity contribution in [2.24, 2.45) is 0 Å². The topological polar surface area (TPSA) is 34.1 Å². The minimum absolute atomic E-state index is 0.0507. The van der Waals surface area contributed by atoms with E-state index in [9.17, 15) is 4.39 Å². The number of hydrogen-bond donors (Lipinski definition) is 1. The SMILES string of the molecule is Cc1cc(CNC(C)(C)C)cc(Oc2ccc(F)cc2)n1. The fourth-order valence-electron chi connectivity index (χ4n) is 1.85. The van der Waals surface area contributed by atoms with E-state index in [4.69, 9.17) is 4.74 Å². The molecule has 0 saturated heterocycles. The number of nitrogens with zero attached hydrogens (tertiary/aromatic N) is 1. The van der Waals surface area contributed by atoms with E-state index in [2.05, 4.69) is 31.1 Å². The molecule has 0 aliphatic rings. The maximum absolute atomic E-state index is 12.9. The monoisotopic (exact) mass is 288 g/mol. The van der Waals surface area contributed by atoms with Crippen LogP contribution in [-0.2, 0) is 6.54 Å². The molecule has 0 atom stereocenters. The second-order valence-electron chi connectivity index (χ2n) is 6.11. The lowest BCUT2D eigenvalue weighted by Crippen LogP contribution is -2.35. The number of rotatable bonds is 4. The number of aryl methyl sites for hydroxylation is 1.